The lowest BCUT2D eigenvalue weighted by molar-refractivity contribution is 0.249. The first kappa shape index (κ1) is 12.3. The van der Waals surface area contributed by atoms with Crippen LogP contribution in [0.25, 0.3) is 0 Å². The van der Waals surface area contributed by atoms with Crippen molar-refractivity contribution < 1.29 is 13.2 Å². The van der Waals surface area contributed by atoms with Gasteiger partial charge < -0.3 is 4.74 Å². The zero-order chi connectivity index (χ0) is 11.4. The zero-order valence-electron chi connectivity index (χ0n) is 9.35. The van der Waals surface area contributed by atoms with Crippen LogP contribution < -0.4 is 0 Å². The molecule has 2 aliphatic rings. The maximum atomic E-state index is 11.6. The van der Waals surface area contributed by atoms with Crippen molar-refractivity contribution in [3.63, 3.8) is 0 Å². The van der Waals surface area contributed by atoms with Crippen LogP contribution in [0.15, 0.2) is 11.8 Å². The van der Waals surface area contributed by atoms with Gasteiger partial charge in [0.15, 0.2) is 0 Å². The molecule has 0 radical (unpaired) electrons. The fourth-order valence-corrected chi connectivity index (χ4v) is 5.76. The molecule has 92 valence electrons. The molecular formula is C11H18O3S2. The van der Waals surface area contributed by atoms with Crippen molar-refractivity contribution in [1.29, 1.82) is 0 Å². The molecule has 2 rings (SSSR count). The molecule has 0 bridgehead atoms. The van der Waals surface area contributed by atoms with Crippen LogP contribution in [0.4, 0.5) is 0 Å². The van der Waals surface area contributed by atoms with Crippen molar-refractivity contribution in [1.82, 2.24) is 0 Å². The van der Waals surface area contributed by atoms with Crippen LogP contribution in [-0.2, 0) is 26.3 Å². The van der Waals surface area contributed by atoms with E-state index < -0.39 is 21.6 Å². The minimum absolute atomic E-state index is 0.0344. The van der Waals surface area contributed by atoms with E-state index in [4.69, 9.17) is 4.74 Å². The van der Waals surface area contributed by atoms with Crippen LogP contribution in [0.2, 0.25) is 0 Å². The second-order valence-corrected chi connectivity index (χ2v) is 7.79. The third-order valence-electron chi connectivity index (χ3n) is 3.03. The Morgan fingerprint density at radius 2 is 2.00 bits per heavy atom. The Bertz CT molecular complexity index is 317. The van der Waals surface area contributed by atoms with E-state index in [1.807, 2.05) is 6.26 Å². The van der Waals surface area contributed by atoms with E-state index in [-0.39, 0.29) is 5.25 Å². The monoisotopic (exact) mass is 262 g/mol. The van der Waals surface area contributed by atoms with Crippen molar-refractivity contribution >= 4 is 21.6 Å². The van der Waals surface area contributed by atoms with Crippen LogP contribution in [0.3, 0.4) is 0 Å². The van der Waals surface area contributed by atoms with Gasteiger partial charge in [0.2, 0.25) is 0 Å². The van der Waals surface area contributed by atoms with Gasteiger partial charge in [-0.05, 0) is 31.3 Å². The zero-order valence-corrected chi connectivity index (χ0v) is 11.0. The molecule has 3 nitrogen and oxygen atoms in total. The Hall–Kier alpha value is -0.160. The highest BCUT2D eigenvalue weighted by molar-refractivity contribution is 7.92. The van der Waals surface area contributed by atoms with Gasteiger partial charge in [0, 0.05) is 38.9 Å². The van der Waals surface area contributed by atoms with Gasteiger partial charge in [0.25, 0.3) is 0 Å². The molecule has 1 heterocycles. The van der Waals surface area contributed by atoms with Crippen LogP contribution in [0.5, 0.6) is 0 Å². The van der Waals surface area contributed by atoms with Crippen molar-refractivity contribution in [3.8, 4) is 0 Å². The minimum Gasteiger partial charge on any atom is -0.500 e. The van der Waals surface area contributed by atoms with E-state index in [9.17, 15) is 8.42 Å². The summed E-state index contributed by atoms with van der Waals surface area (Å²) in [5.74, 6) is 1.69. The molecule has 0 N–H and O–H groups in total. The topological polar surface area (TPSA) is 43.4 Å². The average molecular weight is 262 g/mol. The summed E-state index contributed by atoms with van der Waals surface area (Å²) in [7, 11) is -1.64. The number of allylic oxidation sites excluding steroid dienone is 1. The largest absolute Gasteiger partial charge is 0.500 e. The summed E-state index contributed by atoms with van der Waals surface area (Å²) in [6.45, 7) is 0.460. The lowest BCUT2D eigenvalue weighted by atomic mass is 10.3. The predicted octanol–water partition coefficient (Wildman–Crippen LogP) is 1.34. The third kappa shape index (κ3) is 3.42. The summed E-state index contributed by atoms with van der Waals surface area (Å²) >= 11 is 0. The molecule has 2 fully saturated rings. The summed E-state index contributed by atoms with van der Waals surface area (Å²) in [4.78, 5) is 0. The molecule has 1 aliphatic heterocycles. The van der Waals surface area contributed by atoms with Gasteiger partial charge >= 0.3 is 0 Å². The van der Waals surface area contributed by atoms with Crippen LogP contribution in [0, 0.1) is 0 Å². The molecule has 1 saturated carbocycles. The summed E-state index contributed by atoms with van der Waals surface area (Å²) < 4.78 is 28.5. The Kier molecular flexibility index (Phi) is 4.58. The minimum atomic E-state index is -0.849. The number of hydrogen-bond donors (Lipinski definition) is 0. The van der Waals surface area contributed by atoms with Crippen LogP contribution >= 0.6 is 0 Å². The van der Waals surface area contributed by atoms with E-state index in [2.05, 4.69) is 0 Å². The summed E-state index contributed by atoms with van der Waals surface area (Å²) in [5.41, 5.74) is 1.36. The number of hydrogen-bond acceptors (Lipinski definition) is 3. The lowest BCUT2D eigenvalue weighted by Gasteiger charge is -2.20. The summed E-state index contributed by atoms with van der Waals surface area (Å²) in [6, 6.07) is 0. The first-order valence-corrected chi connectivity index (χ1v) is 8.64. The van der Waals surface area contributed by atoms with E-state index in [0.29, 0.717) is 23.9 Å². The molecule has 0 aromatic carbocycles. The highest BCUT2D eigenvalue weighted by Gasteiger charge is 2.25. The van der Waals surface area contributed by atoms with Crippen molar-refractivity contribution in [3.05, 3.63) is 11.8 Å². The van der Waals surface area contributed by atoms with Crippen LogP contribution in [-0.4, -0.2) is 37.5 Å². The smallest absolute Gasteiger partial charge is 0.103 e. The van der Waals surface area contributed by atoms with Crippen molar-refractivity contribution in [2.24, 2.45) is 0 Å². The van der Waals surface area contributed by atoms with E-state index in [1.165, 1.54) is 18.4 Å². The van der Waals surface area contributed by atoms with Gasteiger partial charge in [-0.25, -0.2) is 0 Å². The summed E-state index contributed by atoms with van der Waals surface area (Å²) in [5, 5.41) is -0.0344. The molecule has 1 aliphatic carbocycles. The SMILES string of the molecule is O=S1CCS(=O)C(COC=C2CCCC2)C1. The first-order valence-electron chi connectivity index (χ1n) is 5.77. The maximum Gasteiger partial charge on any atom is 0.103 e. The Morgan fingerprint density at radius 1 is 1.25 bits per heavy atom. The van der Waals surface area contributed by atoms with E-state index >= 15 is 0 Å². The Balaban J connectivity index is 1.77. The Morgan fingerprint density at radius 3 is 2.75 bits per heavy atom. The molecule has 0 aromatic rings. The third-order valence-corrected chi connectivity index (χ3v) is 6.59. The molecular weight excluding hydrogens is 244 g/mol. The molecule has 0 aromatic heterocycles. The number of rotatable bonds is 3. The quantitative estimate of drug-likeness (QED) is 0.721. The maximum absolute atomic E-state index is 11.6. The normalized spacial score (nSPS) is 35.0. The van der Waals surface area contributed by atoms with Gasteiger partial charge in [0.1, 0.15) is 6.61 Å². The Labute approximate surface area is 102 Å². The van der Waals surface area contributed by atoms with Gasteiger partial charge in [-0.1, -0.05) is 0 Å². The molecule has 0 spiro atoms. The second-order valence-electron chi connectivity index (χ2n) is 4.33. The standard InChI is InChI=1S/C11H18O3S2/c12-15-5-6-16(13)11(9-15)8-14-7-10-3-1-2-4-10/h7,11H,1-6,8-9H2. The molecule has 3 atom stereocenters. The first-order chi connectivity index (χ1) is 7.75. The molecule has 0 amide bonds. The van der Waals surface area contributed by atoms with Gasteiger partial charge in [-0.2, -0.15) is 0 Å². The highest BCUT2D eigenvalue weighted by atomic mass is 32.2. The molecule has 16 heavy (non-hydrogen) atoms. The van der Waals surface area contributed by atoms with Gasteiger partial charge in [-0.15, -0.1) is 0 Å². The van der Waals surface area contributed by atoms with Crippen molar-refractivity contribution in [2.45, 2.75) is 30.9 Å². The second kappa shape index (κ2) is 5.96. The fraction of sp³-hybridized carbons (Fsp3) is 0.818. The molecule has 3 unspecified atom stereocenters. The highest BCUT2D eigenvalue weighted by Crippen LogP contribution is 2.23. The predicted molar refractivity (Wildman–Crippen MR) is 67.2 cm³/mol. The summed E-state index contributed by atoms with van der Waals surface area (Å²) in [6.07, 6.45) is 6.63. The van der Waals surface area contributed by atoms with E-state index in [1.54, 1.807) is 0 Å². The average Bonchev–Trinajstić information content (AvgIpc) is 2.76. The van der Waals surface area contributed by atoms with Gasteiger partial charge in [-0.3, -0.25) is 8.42 Å². The molecule has 5 heteroatoms. The van der Waals surface area contributed by atoms with E-state index in [0.717, 1.165) is 12.8 Å². The van der Waals surface area contributed by atoms with Gasteiger partial charge in [0.05, 0.1) is 11.5 Å². The number of ether oxygens (including phenoxy) is 1. The van der Waals surface area contributed by atoms with Crippen LogP contribution in [0.1, 0.15) is 25.7 Å². The van der Waals surface area contributed by atoms with Crippen molar-refractivity contribution in [2.75, 3.05) is 23.9 Å². The molecule has 1 saturated heterocycles. The fourth-order valence-electron chi connectivity index (χ4n) is 2.05. The lowest BCUT2D eigenvalue weighted by Crippen LogP contribution is -2.36.